The third-order valence-electron chi connectivity index (χ3n) is 2.96. The number of halogens is 1. The van der Waals surface area contributed by atoms with Crippen LogP contribution in [0.4, 0.5) is 0 Å². The molecule has 1 heterocycles. The highest BCUT2D eigenvalue weighted by Crippen LogP contribution is 2.16. The molecule has 0 aromatic heterocycles. The number of rotatable bonds is 5. The zero-order chi connectivity index (χ0) is 13.8. The van der Waals surface area contributed by atoms with Crippen molar-refractivity contribution in [1.29, 1.82) is 0 Å². The number of esters is 1. The Labute approximate surface area is 119 Å². The van der Waals surface area contributed by atoms with E-state index >= 15 is 0 Å². The number of ether oxygens (including phenoxy) is 1. The molecule has 102 valence electrons. The second kappa shape index (κ2) is 6.16. The van der Waals surface area contributed by atoms with Crippen molar-refractivity contribution < 1.29 is 19.4 Å². The molecule has 1 saturated heterocycles. The summed E-state index contributed by atoms with van der Waals surface area (Å²) < 4.78 is 5.20. The topological polar surface area (TPSA) is 75.6 Å². The van der Waals surface area contributed by atoms with Gasteiger partial charge in [-0.3, -0.25) is 5.32 Å². The fourth-order valence-corrected chi connectivity index (χ4v) is 2.23. The maximum absolute atomic E-state index is 11.9. The highest BCUT2D eigenvalue weighted by atomic mass is 79.9. The van der Waals surface area contributed by atoms with E-state index in [2.05, 4.69) is 21.2 Å². The molecule has 0 radical (unpaired) electrons. The van der Waals surface area contributed by atoms with Crippen LogP contribution < -0.4 is 5.32 Å². The molecular formula is C13H14BrNO4. The first-order chi connectivity index (χ1) is 9.11. The van der Waals surface area contributed by atoms with Gasteiger partial charge >= 0.3 is 11.9 Å². The Bertz CT molecular complexity index is 499. The van der Waals surface area contributed by atoms with Gasteiger partial charge in [0.15, 0.2) is 6.23 Å². The Morgan fingerprint density at radius 1 is 1.47 bits per heavy atom. The van der Waals surface area contributed by atoms with E-state index in [1.54, 1.807) is 6.07 Å². The van der Waals surface area contributed by atoms with Crippen molar-refractivity contribution in [1.82, 2.24) is 5.32 Å². The van der Waals surface area contributed by atoms with Crippen molar-refractivity contribution in [2.24, 2.45) is 0 Å². The normalized spacial score (nSPS) is 17.6. The molecule has 1 aliphatic heterocycles. The molecule has 1 atom stereocenters. The van der Waals surface area contributed by atoms with Crippen LogP contribution in [0.5, 0.6) is 0 Å². The molecule has 1 aromatic carbocycles. The number of hydrogen-bond acceptors (Lipinski definition) is 4. The number of aromatic carboxylic acids is 1. The fraction of sp³-hybridized carbons (Fsp3) is 0.385. The van der Waals surface area contributed by atoms with Crippen LogP contribution in [0.25, 0.3) is 0 Å². The van der Waals surface area contributed by atoms with Crippen LogP contribution in [0.3, 0.4) is 0 Å². The van der Waals surface area contributed by atoms with Crippen molar-refractivity contribution in [2.45, 2.75) is 19.1 Å². The van der Waals surface area contributed by atoms with E-state index in [-0.39, 0.29) is 11.8 Å². The molecule has 5 nitrogen and oxygen atoms in total. The van der Waals surface area contributed by atoms with Crippen molar-refractivity contribution in [2.75, 3.05) is 11.9 Å². The van der Waals surface area contributed by atoms with Crippen LogP contribution in [0, 0.1) is 0 Å². The number of nitrogens with one attached hydrogen (secondary N) is 1. The van der Waals surface area contributed by atoms with Gasteiger partial charge in [0.05, 0.1) is 11.1 Å². The van der Waals surface area contributed by atoms with E-state index in [1.165, 1.54) is 12.1 Å². The van der Waals surface area contributed by atoms with Crippen molar-refractivity contribution >= 4 is 27.9 Å². The van der Waals surface area contributed by atoms with E-state index in [9.17, 15) is 9.59 Å². The third kappa shape index (κ3) is 3.33. The largest absolute Gasteiger partial charge is 0.478 e. The zero-order valence-corrected chi connectivity index (χ0v) is 11.8. The lowest BCUT2D eigenvalue weighted by atomic mass is 10.0. The summed E-state index contributed by atoms with van der Waals surface area (Å²) in [5, 5.41) is 12.7. The maximum Gasteiger partial charge on any atom is 0.339 e. The maximum atomic E-state index is 11.9. The average Bonchev–Trinajstić information content (AvgIpc) is 2.33. The number of benzene rings is 1. The van der Waals surface area contributed by atoms with Crippen LogP contribution in [-0.4, -0.2) is 35.1 Å². The summed E-state index contributed by atoms with van der Waals surface area (Å²) in [6, 6.07) is 4.53. The van der Waals surface area contributed by atoms with E-state index < -0.39 is 11.9 Å². The molecule has 0 saturated carbocycles. The van der Waals surface area contributed by atoms with Gasteiger partial charge in [0.2, 0.25) is 0 Å². The van der Waals surface area contributed by atoms with Crippen molar-refractivity contribution in [3.8, 4) is 0 Å². The van der Waals surface area contributed by atoms with Crippen molar-refractivity contribution in [3.63, 3.8) is 0 Å². The minimum atomic E-state index is -0.989. The SMILES string of the molecule is O=C(OC1CCN1)c1ccc(C(=O)O)c(CCBr)c1. The predicted molar refractivity (Wildman–Crippen MR) is 72.7 cm³/mol. The zero-order valence-electron chi connectivity index (χ0n) is 10.2. The number of carbonyl (C=O) groups is 2. The average molecular weight is 328 g/mol. The number of carbonyl (C=O) groups excluding carboxylic acids is 1. The van der Waals surface area contributed by atoms with Gasteiger partial charge in [-0.2, -0.15) is 0 Å². The minimum Gasteiger partial charge on any atom is -0.478 e. The van der Waals surface area contributed by atoms with Gasteiger partial charge in [0.25, 0.3) is 0 Å². The number of carboxylic acids is 1. The summed E-state index contributed by atoms with van der Waals surface area (Å²) in [5.41, 5.74) is 1.23. The van der Waals surface area contributed by atoms with Crippen LogP contribution >= 0.6 is 15.9 Å². The Kier molecular flexibility index (Phi) is 4.55. The van der Waals surface area contributed by atoms with Crippen molar-refractivity contribution in [3.05, 3.63) is 34.9 Å². The molecule has 1 unspecified atom stereocenters. The van der Waals surface area contributed by atoms with Crippen LogP contribution in [0.2, 0.25) is 0 Å². The van der Waals surface area contributed by atoms with Gasteiger partial charge in [0.1, 0.15) is 0 Å². The number of alkyl halides is 1. The van der Waals surface area contributed by atoms with Crippen LogP contribution in [-0.2, 0) is 11.2 Å². The van der Waals surface area contributed by atoms with E-state index in [0.29, 0.717) is 22.9 Å². The monoisotopic (exact) mass is 327 g/mol. The van der Waals surface area contributed by atoms with Gasteiger partial charge in [-0.25, -0.2) is 9.59 Å². The predicted octanol–water partition coefficient (Wildman–Crippen LogP) is 1.80. The summed E-state index contributed by atoms with van der Waals surface area (Å²) in [7, 11) is 0. The van der Waals surface area contributed by atoms with Gasteiger partial charge in [-0.15, -0.1) is 0 Å². The molecule has 1 aromatic rings. The van der Waals surface area contributed by atoms with Gasteiger partial charge in [0, 0.05) is 18.3 Å². The minimum absolute atomic E-state index is 0.216. The Balaban J connectivity index is 2.18. The lowest BCUT2D eigenvalue weighted by Crippen LogP contribution is -2.45. The van der Waals surface area contributed by atoms with Gasteiger partial charge in [-0.1, -0.05) is 15.9 Å². The Hall–Kier alpha value is -1.40. The lowest BCUT2D eigenvalue weighted by Gasteiger charge is -2.27. The quantitative estimate of drug-likeness (QED) is 0.637. The summed E-state index contributed by atoms with van der Waals surface area (Å²) in [6.45, 7) is 0.852. The second-order valence-electron chi connectivity index (χ2n) is 4.25. The van der Waals surface area contributed by atoms with Crippen LogP contribution in [0.1, 0.15) is 32.7 Å². The number of hydrogen-bond donors (Lipinski definition) is 2. The molecular weight excluding hydrogens is 314 g/mol. The summed E-state index contributed by atoms with van der Waals surface area (Å²) in [6.07, 6.45) is 1.14. The van der Waals surface area contributed by atoms with E-state index in [4.69, 9.17) is 9.84 Å². The van der Waals surface area contributed by atoms with Gasteiger partial charge in [-0.05, 0) is 30.2 Å². The number of carboxylic acid groups (broad SMARTS) is 1. The molecule has 6 heteroatoms. The standard InChI is InChI=1S/C13H14BrNO4/c14-5-3-8-7-9(1-2-10(8)12(16)17)13(18)19-11-4-6-15-11/h1-2,7,11,15H,3-6H2,(H,16,17). The van der Waals surface area contributed by atoms with Gasteiger partial charge < -0.3 is 9.84 Å². The molecule has 19 heavy (non-hydrogen) atoms. The summed E-state index contributed by atoms with van der Waals surface area (Å²) in [4.78, 5) is 22.9. The molecule has 0 spiro atoms. The highest BCUT2D eigenvalue weighted by Gasteiger charge is 2.22. The molecule has 2 rings (SSSR count). The molecule has 1 aliphatic rings. The molecule has 0 amide bonds. The first-order valence-electron chi connectivity index (χ1n) is 5.98. The fourth-order valence-electron chi connectivity index (χ4n) is 1.80. The second-order valence-corrected chi connectivity index (χ2v) is 5.05. The Morgan fingerprint density at radius 2 is 2.21 bits per heavy atom. The first-order valence-corrected chi connectivity index (χ1v) is 7.10. The van der Waals surface area contributed by atoms with E-state index in [0.717, 1.165) is 13.0 Å². The number of aryl methyl sites for hydroxylation is 1. The van der Waals surface area contributed by atoms with E-state index in [1.807, 2.05) is 0 Å². The lowest BCUT2D eigenvalue weighted by molar-refractivity contribution is 0.000482. The van der Waals surface area contributed by atoms with Crippen LogP contribution in [0.15, 0.2) is 18.2 Å². The molecule has 1 fully saturated rings. The Morgan fingerprint density at radius 3 is 2.74 bits per heavy atom. The summed E-state index contributed by atoms with van der Waals surface area (Å²) in [5.74, 6) is -1.42. The molecule has 0 aliphatic carbocycles. The summed E-state index contributed by atoms with van der Waals surface area (Å²) >= 11 is 3.27. The highest BCUT2D eigenvalue weighted by molar-refractivity contribution is 9.09. The molecule has 2 N–H and O–H groups in total. The molecule has 0 bridgehead atoms. The third-order valence-corrected chi connectivity index (χ3v) is 3.36. The smallest absolute Gasteiger partial charge is 0.339 e. The first kappa shape index (κ1) is 14.0.